The summed E-state index contributed by atoms with van der Waals surface area (Å²) in [6.45, 7) is 5.51. The van der Waals surface area contributed by atoms with Crippen LogP contribution in [0.3, 0.4) is 0 Å². The molecule has 106 valence electrons. The number of piperidine rings is 3. The molecule has 4 heterocycles. The second kappa shape index (κ2) is 4.22. The molecule has 0 aliphatic carbocycles. The SMILES string of the molecule is Cc1ccc(C2=NOC3(CN4CCC3CC4)N2C)cc1. The summed E-state index contributed by atoms with van der Waals surface area (Å²) in [7, 11) is 2.13. The zero-order valence-corrected chi connectivity index (χ0v) is 12.2. The van der Waals surface area contributed by atoms with Gasteiger partial charge in [0.25, 0.3) is 0 Å². The quantitative estimate of drug-likeness (QED) is 0.782. The number of oxime groups is 1. The smallest absolute Gasteiger partial charge is 0.226 e. The van der Waals surface area contributed by atoms with E-state index in [1.165, 1.54) is 31.5 Å². The van der Waals surface area contributed by atoms with E-state index in [0.717, 1.165) is 17.9 Å². The van der Waals surface area contributed by atoms with Crippen molar-refractivity contribution in [1.82, 2.24) is 9.80 Å². The maximum Gasteiger partial charge on any atom is 0.226 e. The van der Waals surface area contributed by atoms with Gasteiger partial charge in [-0.2, -0.15) is 0 Å². The van der Waals surface area contributed by atoms with Crippen LogP contribution in [0.1, 0.15) is 24.0 Å². The summed E-state index contributed by atoms with van der Waals surface area (Å²) < 4.78 is 0. The lowest BCUT2D eigenvalue weighted by atomic mass is 9.80. The third-order valence-corrected chi connectivity index (χ3v) is 5.16. The molecule has 3 fully saturated rings. The van der Waals surface area contributed by atoms with E-state index in [4.69, 9.17) is 4.84 Å². The Kier molecular flexibility index (Phi) is 2.58. The average Bonchev–Trinajstić information content (AvgIpc) is 2.79. The van der Waals surface area contributed by atoms with Crippen molar-refractivity contribution >= 4 is 5.84 Å². The van der Waals surface area contributed by atoms with Gasteiger partial charge in [-0.25, -0.2) is 0 Å². The highest BCUT2D eigenvalue weighted by molar-refractivity contribution is 5.99. The first-order valence-electron chi connectivity index (χ1n) is 7.48. The molecule has 2 bridgehead atoms. The Bertz CT molecular complexity index is 545. The molecule has 1 aromatic carbocycles. The van der Waals surface area contributed by atoms with E-state index >= 15 is 0 Å². The van der Waals surface area contributed by atoms with Crippen molar-refractivity contribution in [2.75, 3.05) is 26.7 Å². The van der Waals surface area contributed by atoms with E-state index in [1.807, 2.05) is 0 Å². The van der Waals surface area contributed by atoms with E-state index in [1.54, 1.807) is 0 Å². The summed E-state index contributed by atoms with van der Waals surface area (Å²) in [5.41, 5.74) is 2.19. The van der Waals surface area contributed by atoms with Crippen LogP contribution < -0.4 is 0 Å². The number of fused-ring (bicyclic) bond motifs is 2. The van der Waals surface area contributed by atoms with E-state index in [0.29, 0.717) is 5.92 Å². The molecule has 4 nitrogen and oxygen atoms in total. The van der Waals surface area contributed by atoms with Gasteiger partial charge in [0.05, 0.1) is 6.54 Å². The number of hydrogen-bond donors (Lipinski definition) is 0. The van der Waals surface area contributed by atoms with Gasteiger partial charge < -0.3 is 9.74 Å². The predicted molar refractivity (Wildman–Crippen MR) is 78.5 cm³/mol. The van der Waals surface area contributed by atoms with Crippen LogP contribution in [0.25, 0.3) is 0 Å². The molecule has 0 radical (unpaired) electrons. The molecule has 1 atom stereocenters. The Morgan fingerprint density at radius 2 is 1.90 bits per heavy atom. The van der Waals surface area contributed by atoms with Gasteiger partial charge in [0.15, 0.2) is 5.84 Å². The van der Waals surface area contributed by atoms with Crippen molar-refractivity contribution < 1.29 is 4.84 Å². The molecule has 0 amide bonds. The van der Waals surface area contributed by atoms with Gasteiger partial charge in [-0.15, -0.1) is 0 Å². The number of hydrogen-bond acceptors (Lipinski definition) is 4. The van der Waals surface area contributed by atoms with Crippen LogP contribution in [0.2, 0.25) is 0 Å². The zero-order chi connectivity index (χ0) is 13.7. The van der Waals surface area contributed by atoms with E-state index < -0.39 is 0 Å². The normalized spacial score (nSPS) is 35.3. The first-order valence-corrected chi connectivity index (χ1v) is 7.48. The molecule has 20 heavy (non-hydrogen) atoms. The number of rotatable bonds is 1. The zero-order valence-electron chi connectivity index (χ0n) is 12.2. The topological polar surface area (TPSA) is 28.1 Å². The highest BCUT2D eigenvalue weighted by Crippen LogP contribution is 2.43. The molecular formula is C16H21N3O. The van der Waals surface area contributed by atoms with E-state index in [9.17, 15) is 0 Å². The van der Waals surface area contributed by atoms with Gasteiger partial charge in [0, 0.05) is 18.5 Å². The second-order valence-corrected chi connectivity index (χ2v) is 6.33. The lowest BCUT2D eigenvalue weighted by molar-refractivity contribution is -0.190. The van der Waals surface area contributed by atoms with Gasteiger partial charge in [-0.3, -0.25) is 4.90 Å². The number of amidine groups is 1. The molecule has 4 aliphatic heterocycles. The van der Waals surface area contributed by atoms with Crippen LogP contribution in [0.4, 0.5) is 0 Å². The summed E-state index contributed by atoms with van der Waals surface area (Å²) >= 11 is 0. The fourth-order valence-electron chi connectivity index (χ4n) is 3.85. The first-order chi connectivity index (χ1) is 9.69. The third kappa shape index (κ3) is 1.61. The van der Waals surface area contributed by atoms with Gasteiger partial charge >= 0.3 is 0 Å². The summed E-state index contributed by atoms with van der Waals surface area (Å²) in [5.74, 6) is 1.57. The molecule has 0 aromatic heterocycles. The Morgan fingerprint density at radius 1 is 1.20 bits per heavy atom. The molecule has 0 N–H and O–H groups in total. The molecule has 1 aromatic rings. The monoisotopic (exact) mass is 271 g/mol. The van der Waals surface area contributed by atoms with Crippen LogP contribution in [0.15, 0.2) is 29.4 Å². The molecule has 4 aliphatic rings. The first kappa shape index (κ1) is 12.2. The maximum atomic E-state index is 6.00. The summed E-state index contributed by atoms with van der Waals surface area (Å²) in [6.07, 6.45) is 2.45. The minimum atomic E-state index is -0.225. The third-order valence-electron chi connectivity index (χ3n) is 5.16. The highest BCUT2D eigenvalue weighted by Gasteiger charge is 2.55. The minimum absolute atomic E-state index is 0.225. The predicted octanol–water partition coefficient (Wildman–Crippen LogP) is 2.04. The molecule has 1 unspecified atom stereocenters. The minimum Gasteiger partial charge on any atom is -0.363 e. The number of likely N-dealkylation sites (N-methyl/N-ethyl adjacent to an activating group) is 1. The molecule has 0 saturated carbocycles. The van der Waals surface area contributed by atoms with Gasteiger partial charge in [-0.05, 0) is 32.9 Å². The van der Waals surface area contributed by atoms with Crippen LogP contribution in [-0.2, 0) is 4.84 Å². The van der Waals surface area contributed by atoms with E-state index in [-0.39, 0.29) is 5.72 Å². The highest BCUT2D eigenvalue weighted by atomic mass is 16.7. The van der Waals surface area contributed by atoms with Crippen LogP contribution >= 0.6 is 0 Å². The lowest BCUT2D eigenvalue weighted by Gasteiger charge is -2.52. The lowest BCUT2D eigenvalue weighted by Crippen LogP contribution is -2.65. The molecule has 1 spiro atoms. The Balaban J connectivity index is 1.64. The second-order valence-electron chi connectivity index (χ2n) is 6.33. The van der Waals surface area contributed by atoms with Crippen LogP contribution in [-0.4, -0.2) is 48.0 Å². The Morgan fingerprint density at radius 3 is 2.50 bits per heavy atom. The van der Waals surface area contributed by atoms with Gasteiger partial charge in [0.2, 0.25) is 5.72 Å². The van der Waals surface area contributed by atoms with Crippen molar-refractivity contribution in [3.8, 4) is 0 Å². The molecule has 4 heteroatoms. The van der Waals surface area contributed by atoms with Gasteiger partial charge in [-0.1, -0.05) is 35.0 Å². The van der Waals surface area contributed by atoms with Crippen molar-refractivity contribution in [3.63, 3.8) is 0 Å². The van der Waals surface area contributed by atoms with Crippen LogP contribution in [0.5, 0.6) is 0 Å². The number of benzene rings is 1. The fraction of sp³-hybridized carbons (Fsp3) is 0.562. The summed E-state index contributed by atoms with van der Waals surface area (Å²) in [4.78, 5) is 10.8. The summed E-state index contributed by atoms with van der Waals surface area (Å²) in [5, 5.41) is 4.43. The molecular weight excluding hydrogens is 250 g/mol. The molecule has 5 rings (SSSR count). The van der Waals surface area contributed by atoms with Gasteiger partial charge in [0.1, 0.15) is 0 Å². The molecule has 3 saturated heterocycles. The average molecular weight is 271 g/mol. The maximum absolute atomic E-state index is 6.00. The number of aryl methyl sites for hydroxylation is 1. The Hall–Kier alpha value is -1.55. The van der Waals surface area contributed by atoms with Crippen molar-refractivity contribution in [2.24, 2.45) is 11.1 Å². The summed E-state index contributed by atoms with van der Waals surface area (Å²) in [6, 6.07) is 8.53. The largest absolute Gasteiger partial charge is 0.363 e. The van der Waals surface area contributed by atoms with Crippen LogP contribution in [0, 0.1) is 12.8 Å². The fourth-order valence-corrected chi connectivity index (χ4v) is 3.85. The van der Waals surface area contributed by atoms with E-state index in [2.05, 4.69) is 53.2 Å². The number of nitrogens with zero attached hydrogens (tertiary/aromatic N) is 3. The van der Waals surface area contributed by atoms with Crippen molar-refractivity contribution in [2.45, 2.75) is 25.5 Å². The van der Waals surface area contributed by atoms with Crippen molar-refractivity contribution in [1.29, 1.82) is 0 Å². The van der Waals surface area contributed by atoms with Crippen molar-refractivity contribution in [3.05, 3.63) is 35.4 Å². The standard InChI is InChI=1S/C16H21N3O/c1-12-3-5-13(6-4-12)15-17-20-16(18(15)2)11-19-9-7-14(16)8-10-19/h3-6,14H,7-11H2,1-2H3. The Labute approximate surface area is 120 Å².